The van der Waals surface area contributed by atoms with Crippen molar-refractivity contribution in [2.45, 2.75) is 62.8 Å². The number of benzene rings is 2. The summed E-state index contributed by atoms with van der Waals surface area (Å²) in [5, 5.41) is 11.1. The van der Waals surface area contributed by atoms with Gasteiger partial charge in [-0.15, -0.1) is 11.8 Å². The Kier molecular flexibility index (Phi) is 13.2. The topological polar surface area (TPSA) is 137 Å². The summed E-state index contributed by atoms with van der Waals surface area (Å²) in [7, 11) is 3.25. The Morgan fingerprint density at radius 1 is 1.23 bits per heavy atom. The number of rotatable bonds is 9. The number of amides is 1. The van der Waals surface area contributed by atoms with Crippen molar-refractivity contribution in [3.05, 3.63) is 64.0 Å². The molecule has 218 valence electrons. The molecule has 12 heteroatoms. The van der Waals surface area contributed by atoms with E-state index in [0.29, 0.717) is 16.1 Å². The Balaban J connectivity index is 0.00000105. The number of methoxy groups -OCH3 is 1. The van der Waals surface area contributed by atoms with E-state index in [-0.39, 0.29) is 48.4 Å². The zero-order valence-corrected chi connectivity index (χ0v) is 24.2. The molecule has 0 aromatic heterocycles. The van der Waals surface area contributed by atoms with Crippen molar-refractivity contribution in [1.82, 2.24) is 4.90 Å². The number of nitro benzene ring substituents is 1. The first kappa shape index (κ1) is 32.9. The average molecular weight is 577 g/mol. The molecule has 0 radical (unpaired) electrons. The Hall–Kier alpha value is -3.35. The van der Waals surface area contributed by atoms with E-state index in [9.17, 15) is 24.1 Å². The Labute approximate surface area is 238 Å². The van der Waals surface area contributed by atoms with Crippen LogP contribution >= 0.6 is 11.8 Å². The van der Waals surface area contributed by atoms with Crippen LogP contribution in [0.1, 0.15) is 38.7 Å². The first-order valence-corrected chi connectivity index (χ1v) is 14.1. The van der Waals surface area contributed by atoms with Crippen molar-refractivity contribution in [1.29, 1.82) is 0 Å². The van der Waals surface area contributed by atoms with Crippen LogP contribution in [0.25, 0.3) is 0 Å². The normalized spacial score (nSPS) is 21.0. The minimum absolute atomic E-state index is 0.0370. The van der Waals surface area contributed by atoms with Crippen molar-refractivity contribution in [3.8, 4) is 0 Å². The van der Waals surface area contributed by atoms with Crippen molar-refractivity contribution >= 4 is 41.2 Å². The molecule has 2 aliphatic heterocycles. The first-order chi connectivity index (χ1) is 19.2. The fourth-order valence-corrected chi connectivity index (χ4v) is 5.30. The highest BCUT2D eigenvalue weighted by Crippen LogP contribution is 2.41. The highest BCUT2D eigenvalue weighted by Gasteiger charge is 2.52. The van der Waals surface area contributed by atoms with E-state index in [2.05, 4.69) is 9.73 Å². The second-order valence-corrected chi connectivity index (χ2v) is 9.79. The van der Waals surface area contributed by atoms with E-state index in [0.717, 1.165) is 19.1 Å². The van der Waals surface area contributed by atoms with Crippen LogP contribution in [0.2, 0.25) is 0 Å². The lowest BCUT2D eigenvalue weighted by Gasteiger charge is -2.36. The van der Waals surface area contributed by atoms with E-state index in [4.69, 9.17) is 10.5 Å². The molecule has 2 fully saturated rings. The van der Waals surface area contributed by atoms with Gasteiger partial charge < -0.3 is 24.9 Å². The summed E-state index contributed by atoms with van der Waals surface area (Å²) in [6.07, 6.45) is 3.43. The minimum Gasteiger partial charge on any atom is -0.388 e. The number of carbonyl (C=O) groups is 2. The molecule has 4 rings (SSSR count). The number of aliphatic imine (C=N–C) groups is 1. The number of nitro groups is 1. The summed E-state index contributed by atoms with van der Waals surface area (Å²) in [6, 6.07) is 9.61. The van der Waals surface area contributed by atoms with Gasteiger partial charge in [0.2, 0.25) is 5.91 Å². The van der Waals surface area contributed by atoms with Gasteiger partial charge in [-0.25, -0.2) is 9.38 Å². The van der Waals surface area contributed by atoms with Crippen LogP contribution in [0.15, 0.2) is 52.4 Å². The zero-order valence-electron chi connectivity index (χ0n) is 23.4. The Morgan fingerprint density at radius 2 is 1.85 bits per heavy atom. The average Bonchev–Trinajstić information content (AvgIpc) is 3.56. The molecule has 2 bridgehead atoms. The summed E-state index contributed by atoms with van der Waals surface area (Å²) < 4.78 is 23.6. The number of nitrogens with zero attached hydrogens (tertiary/aromatic N) is 3. The third-order valence-corrected chi connectivity index (χ3v) is 7.13. The number of hydrogen-bond donors (Lipinski definition) is 1. The van der Waals surface area contributed by atoms with Gasteiger partial charge in [0.05, 0.1) is 41.2 Å². The van der Waals surface area contributed by atoms with Gasteiger partial charge in [-0.1, -0.05) is 26.0 Å². The van der Waals surface area contributed by atoms with Crippen LogP contribution in [-0.4, -0.2) is 66.6 Å². The lowest BCUT2D eigenvalue weighted by molar-refractivity contribution is -0.385. The number of carbonyl (C=O) groups excluding carboxylic acids is 2. The monoisotopic (exact) mass is 576 g/mol. The van der Waals surface area contributed by atoms with Crippen LogP contribution in [0.4, 0.5) is 15.8 Å². The third kappa shape index (κ3) is 8.33. The second kappa shape index (κ2) is 16.0. The van der Waals surface area contributed by atoms with Gasteiger partial charge in [-0.2, -0.15) is 0 Å². The molecule has 2 N–H and O–H groups in total. The zero-order chi connectivity index (χ0) is 29.8. The maximum atomic E-state index is 13.5. The highest BCUT2D eigenvalue weighted by atomic mass is 32.2. The quantitative estimate of drug-likeness (QED) is 0.111. The van der Waals surface area contributed by atoms with Crippen molar-refractivity contribution in [3.63, 3.8) is 0 Å². The summed E-state index contributed by atoms with van der Waals surface area (Å²) >= 11 is 1.28. The summed E-state index contributed by atoms with van der Waals surface area (Å²) in [5.41, 5.74) is 7.20. The number of non-ortho nitro benzene ring substituents is 1. The number of aldehydes is 1. The van der Waals surface area contributed by atoms with Crippen LogP contribution in [-0.2, 0) is 25.6 Å². The van der Waals surface area contributed by atoms with Gasteiger partial charge >= 0.3 is 0 Å². The summed E-state index contributed by atoms with van der Waals surface area (Å²) in [5.74, 6) is -1.13. The predicted octanol–water partition coefficient (Wildman–Crippen LogP) is 4.90. The molecule has 10 nitrogen and oxygen atoms in total. The first-order valence-electron chi connectivity index (χ1n) is 12.9. The van der Waals surface area contributed by atoms with E-state index in [1.165, 1.54) is 42.1 Å². The highest BCUT2D eigenvalue weighted by molar-refractivity contribution is 7.98. The molecule has 2 aromatic rings. The Morgan fingerprint density at radius 3 is 2.42 bits per heavy atom. The molecule has 2 aromatic carbocycles. The van der Waals surface area contributed by atoms with E-state index in [1.54, 1.807) is 37.5 Å². The molecule has 2 aliphatic rings. The molecular weight excluding hydrogens is 539 g/mol. The molecule has 0 aliphatic carbocycles. The molecule has 2 saturated heterocycles. The fourth-order valence-electron chi connectivity index (χ4n) is 4.74. The van der Waals surface area contributed by atoms with Gasteiger partial charge in [0.1, 0.15) is 17.9 Å². The maximum Gasteiger partial charge on any atom is 0.270 e. The second-order valence-electron chi connectivity index (χ2n) is 8.94. The van der Waals surface area contributed by atoms with Crippen LogP contribution in [0, 0.1) is 21.8 Å². The van der Waals surface area contributed by atoms with Gasteiger partial charge in [0, 0.05) is 37.8 Å². The molecule has 2 heterocycles. The fraction of sp³-hybridized carbons (Fsp3) is 0.464. The van der Waals surface area contributed by atoms with Gasteiger partial charge in [-0.3, -0.25) is 14.9 Å². The predicted molar refractivity (Wildman–Crippen MR) is 153 cm³/mol. The molecule has 2 unspecified atom stereocenters. The number of thioether (sulfide) groups is 1. The smallest absolute Gasteiger partial charge is 0.270 e. The van der Waals surface area contributed by atoms with Crippen LogP contribution in [0.3, 0.4) is 0 Å². The minimum atomic E-state index is -0.492. The molecule has 0 spiro atoms. The van der Waals surface area contributed by atoms with Crippen molar-refractivity contribution < 1.29 is 28.4 Å². The van der Waals surface area contributed by atoms with E-state index < -0.39 is 16.9 Å². The number of fused-ring (bicyclic) bond motifs is 2. The largest absolute Gasteiger partial charge is 0.388 e. The molecule has 0 saturated carbocycles. The Bertz CT molecular complexity index is 1180. The number of amidine groups is 1. The third-order valence-electron chi connectivity index (χ3n) is 6.36. The lowest BCUT2D eigenvalue weighted by atomic mass is 9.84. The van der Waals surface area contributed by atoms with Gasteiger partial charge in [0.25, 0.3) is 5.69 Å². The van der Waals surface area contributed by atoms with Gasteiger partial charge in [-0.05, 0) is 42.9 Å². The molecular formula is C28H37FN4O6S. The number of ether oxygens (including phenoxy) is 2. The summed E-state index contributed by atoms with van der Waals surface area (Å²) in [4.78, 5) is 42.4. The number of hydrogen-bond acceptors (Lipinski definition) is 8. The maximum absolute atomic E-state index is 13.5. The SMILES string of the molecule is CC.COC.CSc1cc([N+](=O)[O-])ccc1N=C(N)CC(=O)N(Cc1ccc(F)cc1)[C@H]1C2CCC(O2)[C@H]1C=O. The molecule has 4 atom stereocenters. The number of nitrogens with two attached hydrogens (primary N) is 1. The summed E-state index contributed by atoms with van der Waals surface area (Å²) in [6.45, 7) is 4.17. The lowest BCUT2D eigenvalue weighted by Crippen LogP contribution is -2.50. The molecule has 1 amide bonds. The standard InChI is InChI=1S/C24H25FN4O5S.C2H6O.C2H6/c1-35-21-10-16(29(32)33)6-7-18(21)27-22(26)11-23(31)28(12-14-2-4-15(25)5-3-14)24-17(13-30)19-8-9-20(24)34-19;1-3-2;1-2/h2-7,10,13,17,19-20,24H,8-9,11-12H2,1H3,(H2,26,27);1-2H3;1-2H3/t17-,19?,20?,24-;;/m1../s1. The molecule has 40 heavy (non-hydrogen) atoms. The van der Waals surface area contributed by atoms with Gasteiger partial charge in [0.15, 0.2) is 0 Å². The number of halogens is 1. The van der Waals surface area contributed by atoms with E-state index >= 15 is 0 Å². The van der Waals surface area contributed by atoms with Crippen LogP contribution in [0.5, 0.6) is 0 Å². The van der Waals surface area contributed by atoms with Crippen molar-refractivity contribution in [2.24, 2.45) is 16.6 Å². The van der Waals surface area contributed by atoms with Crippen molar-refractivity contribution in [2.75, 3.05) is 20.5 Å². The van der Waals surface area contributed by atoms with Crippen LogP contribution < -0.4 is 5.73 Å². The van der Waals surface area contributed by atoms with E-state index in [1.807, 2.05) is 13.8 Å².